The van der Waals surface area contributed by atoms with Gasteiger partial charge in [0.05, 0.1) is 11.1 Å². The molecule has 1 heterocycles. The van der Waals surface area contributed by atoms with E-state index in [-0.39, 0.29) is 24.8 Å². The van der Waals surface area contributed by atoms with Crippen molar-refractivity contribution in [3.05, 3.63) is 14.8 Å². The van der Waals surface area contributed by atoms with Crippen LogP contribution in [0.4, 0.5) is 0 Å². The minimum atomic E-state index is -0.331. The third-order valence-electron chi connectivity index (χ3n) is 1.28. The number of aromatic amines is 1. The molecule has 5 nitrogen and oxygen atoms in total. The van der Waals surface area contributed by atoms with E-state index < -0.39 is 0 Å². The molecular weight excluding hydrogens is 306 g/mol. The van der Waals surface area contributed by atoms with Gasteiger partial charge in [-0.2, -0.15) is 5.10 Å². The van der Waals surface area contributed by atoms with Crippen LogP contribution < -0.4 is 5.32 Å². The number of rotatable bonds is 3. The normalized spacial score (nSPS) is 10.1. The van der Waals surface area contributed by atoms with Gasteiger partial charge in [-0.05, 0) is 31.9 Å². The molecule has 0 saturated heterocycles. The van der Waals surface area contributed by atoms with Crippen LogP contribution in [0, 0.1) is 0 Å². The first kappa shape index (κ1) is 10.7. The van der Waals surface area contributed by atoms with Crippen LogP contribution in [0.1, 0.15) is 10.5 Å². The summed E-state index contributed by atoms with van der Waals surface area (Å²) in [5, 5.41) is 17.3. The van der Waals surface area contributed by atoms with Gasteiger partial charge in [-0.3, -0.25) is 9.89 Å². The number of aliphatic hydroxyl groups excluding tert-OH is 1. The molecule has 0 atom stereocenters. The lowest BCUT2D eigenvalue weighted by atomic mass is 10.4. The highest BCUT2D eigenvalue weighted by Crippen LogP contribution is 2.23. The predicted molar refractivity (Wildman–Crippen MR) is 53.4 cm³/mol. The molecule has 0 aliphatic heterocycles. The van der Waals surface area contributed by atoms with Crippen LogP contribution in [0.15, 0.2) is 9.08 Å². The summed E-state index contributed by atoms with van der Waals surface area (Å²) in [5.41, 5.74) is 0.264. The Balaban J connectivity index is 2.71. The average molecular weight is 313 g/mol. The van der Waals surface area contributed by atoms with Crippen LogP contribution in [0.25, 0.3) is 0 Å². The number of H-pyrrole nitrogens is 1. The fraction of sp³-hybridized carbons (Fsp3) is 0.333. The summed E-state index contributed by atoms with van der Waals surface area (Å²) < 4.78 is 1.18. The lowest BCUT2D eigenvalue weighted by Crippen LogP contribution is -2.26. The molecule has 0 saturated carbocycles. The Morgan fingerprint density at radius 3 is 2.77 bits per heavy atom. The number of nitrogens with one attached hydrogen (secondary N) is 2. The third-order valence-corrected chi connectivity index (χ3v) is 3.16. The van der Waals surface area contributed by atoms with Gasteiger partial charge in [0, 0.05) is 6.54 Å². The van der Waals surface area contributed by atoms with E-state index in [1.807, 2.05) is 0 Å². The molecule has 1 aromatic rings. The first-order chi connectivity index (χ1) is 6.16. The van der Waals surface area contributed by atoms with E-state index in [1.165, 1.54) is 0 Å². The summed E-state index contributed by atoms with van der Waals surface area (Å²) >= 11 is 6.34. The van der Waals surface area contributed by atoms with Crippen molar-refractivity contribution in [2.75, 3.05) is 13.2 Å². The number of aromatic nitrogens is 2. The lowest BCUT2D eigenvalue weighted by molar-refractivity contribution is 0.0939. The summed E-state index contributed by atoms with van der Waals surface area (Å²) in [6, 6.07) is 0. The van der Waals surface area contributed by atoms with Gasteiger partial charge < -0.3 is 10.4 Å². The van der Waals surface area contributed by atoms with Crippen LogP contribution in [-0.4, -0.2) is 34.4 Å². The molecule has 0 bridgehead atoms. The van der Waals surface area contributed by atoms with E-state index in [2.05, 4.69) is 47.4 Å². The van der Waals surface area contributed by atoms with Crippen molar-refractivity contribution < 1.29 is 9.90 Å². The molecule has 1 amide bonds. The molecular formula is C6H7Br2N3O2. The van der Waals surface area contributed by atoms with Crippen LogP contribution in [-0.2, 0) is 0 Å². The molecule has 72 valence electrons. The van der Waals surface area contributed by atoms with Crippen LogP contribution in [0.3, 0.4) is 0 Å². The van der Waals surface area contributed by atoms with E-state index in [4.69, 9.17) is 5.11 Å². The molecule has 0 spiro atoms. The maximum atomic E-state index is 11.3. The number of aliphatic hydroxyl groups is 1. The molecule has 13 heavy (non-hydrogen) atoms. The molecule has 1 rings (SSSR count). The number of nitrogens with zero attached hydrogens (tertiary/aromatic N) is 1. The second-order valence-corrected chi connectivity index (χ2v) is 3.77. The molecule has 0 aromatic carbocycles. The van der Waals surface area contributed by atoms with Crippen molar-refractivity contribution in [1.82, 2.24) is 15.5 Å². The molecule has 0 unspecified atom stereocenters. The summed E-state index contributed by atoms with van der Waals surface area (Å²) in [6.07, 6.45) is 0. The summed E-state index contributed by atoms with van der Waals surface area (Å²) in [4.78, 5) is 11.3. The maximum absolute atomic E-state index is 11.3. The van der Waals surface area contributed by atoms with E-state index >= 15 is 0 Å². The molecule has 0 radical (unpaired) electrons. The van der Waals surface area contributed by atoms with E-state index in [1.54, 1.807) is 0 Å². The van der Waals surface area contributed by atoms with Crippen LogP contribution in [0.5, 0.6) is 0 Å². The maximum Gasteiger partial charge on any atom is 0.273 e. The average Bonchev–Trinajstić information content (AvgIpc) is 2.44. The van der Waals surface area contributed by atoms with Crippen molar-refractivity contribution in [3.63, 3.8) is 0 Å². The van der Waals surface area contributed by atoms with E-state index in [0.717, 1.165) is 0 Å². The Bertz CT molecular complexity index is 313. The zero-order chi connectivity index (χ0) is 9.84. The summed E-state index contributed by atoms with van der Waals surface area (Å²) in [7, 11) is 0. The first-order valence-electron chi connectivity index (χ1n) is 3.45. The molecule has 0 aliphatic carbocycles. The zero-order valence-corrected chi connectivity index (χ0v) is 9.64. The highest BCUT2D eigenvalue weighted by atomic mass is 79.9. The number of amides is 1. The molecule has 1 aromatic heterocycles. The number of halogens is 2. The molecule has 7 heteroatoms. The van der Waals surface area contributed by atoms with Gasteiger partial charge in [0.2, 0.25) is 0 Å². The second-order valence-electron chi connectivity index (χ2n) is 2.18. The number of carbonyl (C=O) groups excluding carboxylic acids is 1. The van der Waals surface area contributed by atoms with Gasteiger partial charge in [-0.25, -0.2) is 0 Å². The quantitative estimate of drug-likeness (QED) is 0.767. The molecule has 0 fully saturated rings. The Morgan fingerprint density at radius 2 is 2.31 bits per heavy atom. The Hall–Kier alpha value is -0.400. The van der Waals surface area contributed by atoms with Gasteiger partial charge in [0.1, 0.15) is 4.60 Å². The minimum absolute atomic E-state index is 0.0883. The SMILES string of the molecule is O=C(NCCO)c1n[nH]c(Br)c1Br. The van der Waals surface area contributed by atoms with Crippen molar-refractivity contribution >= 4 is 37.8 Å². The summed E-state index contributed by atoms with van der Waals surface area (Å²) in [6.45, 7) is 0.130. The number of hydrogen-bond donors (Lipinski definition) is 3. The minimum Gasteiger partial charge on any atom is -0.395 e. The Kier molecular flexibility index (Phi) is 3.89. The van der Waals surface area contributed by atoms with Crippen LogP contribution in [0.2, 0.25) is 0 Å². The van der Waals surface area contributed by atoms with Crippen molar-refractivity contribution in [2.45, 2.75) is 0 Å². The van der Waals surface area contributed by atoms with E-state index in [9.17, 15) is 4.79 Å². The highest BCUT2D eigenvalue weighted by molar-refractivity contribution is 9.13. The fourth-order valence-electron chi connectivity index (χ4n) is 0.711. The van der Waals surface area contributed by atoms with E-state index in [0.29, 0.717) is 9.08 Å². The van der Waals surface area contributed by atoms with Gasteiger partial charge >= 0.3 is 0 Å². The van der Waals surface area contributed by atoms with Gasteiger partial charge in [-0.15, -0.1) is 0 Å². The summed E-state index contributed by atoms with van der Waals surface area (Å²) in [5.74, 6) is -0.331. The fourth-order valence-corrected chi connectivity index (χ4v) is 1.34. The topological polar surface area (TPSA) is 78.0 Å². The van der Waals surface area contributed by atoms with Crippen LogP contribution >= 0.6 is 31.9 Å². The van der Waals surface area contributed by atoms with Crippen molar-refractivity contribution in [3.8, 4) is 0 Å². The zero-order valence-electron chi connectivity index (χ0n) is 6.47. The molecule has 0 aliphatic rings. The second kappa shape index (κ2) is 4.73. The third kappa shape index (κ3) is 2.52. The Morgan fingerprint density at radius 1 is 1.62 bits per heavy atom. The monoisotopic (exact) mass is 311 g/mol. The number of hydrogen-bond acceptors (Lipinski definition) is 3. The van der Waals surface area contributed by atoms with Crippen molar-refractivity contribution in [2.24, 2.45) is 0 Å². The highest BCUT2D eigenvalue weighted by Gasteiger charge is 2.15. The standard InChI is InChI=1S/C6H7Br2N3O2/c7-3-4(10-11-5(3)8)6(13)9-1-2-12/h12H,1-2H2,(H,9,13)(H,10,11). The van der Waals surface area contributed by atoms with Gasteiger partial charge in [0.15, 0.2) is 5.69 Å². The largest absolute Gasteiger partial charge is 0.395 e. The molecule has 3 N–H and O–H groups in total. The number of carbonyl (C=O) groups is 1. The predicted octanol–water partition coefficient (Wildman–Crippen LogP) is 0.657. The smallest absolute Gasteiger partial charge is 0.273 e. The lowest BCUT2D eigenvalue weighted by Gasteiger charge is -1.99. The van der Waals surface area contributed by atoms with Gasteiger partial charge in [0.25, 0.3) is 5.91 Å². The Labute approximate surface area is 91.2 Å². The van der Waals surface area contributed by atoms with Gasteiger partial charge in [-0.1, -0.05) is 0 Å². The first-order valence-corrected chi connectivity index (χ1v) is 5.04. The van der Waals surface area contributed by atoms with Crippen molar-refractivity contribution in [1.29, 1.82) is 0 Å².